The quantitative estimate of drug-likeness (QED) is 0.216. The number of benzene rings is 6. The normalized spacial score (nSPS) is 13.3. The molecular formula is C41H30O2. The zero-order valence-electron chi connectivity index (χ0n) is 24.2. The Kier molecular flexibility index (Phi) is 5.84. The highest BCUT2D eigenvalue weighted by Crippen LogP contribution is 2.49. The summed E-state index contributed by atoms with van der Waals surface area (Å²) in [4.78, 5) is 0. The summed E-state index contributed by atoms with van der Waals surface area (Å²) in [5, 5.41) is 2.44. The van der Waals surface area contributed by atoms with Gasteiger partial charge in [0, 0.05) is 27.7 Å². The molecule has 0 fully saturated rings. The highest BCUT2D eigenvalue weighted by Gasteiger charge is 2.34. The van der Waals surface area contributed by atoms with Crippen LogP contribution in [0.15, 0.2) is 150 Å². The van der Waals surface area contributed by atoms with Crippen molar-refractivity contribution in [3.8, 4) is 56.4 Å². The maximum atomic E-state index is 6.68. The Morgan fingerprint density at radius 3 is 2.07 bits per heavy atom. The number of para-hydroxylation sites is 1. The fourth-order valence-corrected chi connectivity index (χ4v) is 6.50. The lowest BCUT2D eigenvalue weighted by molar-refractivity contribution is 0.418. The lowest BCUT2D eigenvalue weighted by atomic mass is 9.75. The van der Waals surface area contributed by atoms with Crippen LogP contribution >= 0.6 is 0 Å². The zero-order valence-corrected chi connectivity index (χ0v) is 24.2. The Balaban J connectivity index is 1.25. The predicted molar refractivity (Wildman–Crippen MR) is 177 cm³/mol. The van der Waals surface area contributed by atoms with Gasteiger partial charge in [-0.25, -0.2) is 0 Å². The molecule has 6 aromatic carbocycles. The Labute approximate surface area is 251 Å². The van der Waals surface area contributed by atoms with E-state index in [0.29, 0.717) is 0 Å². The van der Waals surface area contributed by atoms with Crippen molar-refractivity contribution >= 4 is 10.8 Å². The molecule has 1 aromatic heterocycles. The highest BCUT2D eigenvalue weighted by molar-refractivity contribution is 6.00. The van der Waals surface area contributed by atoms with Crippen LogP contribution in [0, 0.1) is 0 Å². The molecule has 0 atom stereocenters. The summed E-state index contributed by atoms with van der Waals surface area (Å²) >= 11 is 0. The first-order chi connectivity index (χ1) is 21.1. The van der Waals surface area contributed by atoms with Gasteiger partial charge in [-0.2, -0.15) is 0 Å². The highest BCUT2D eigenvalue weighted by atomic mass is 16.5. The fraction of sp³-hybridized carbons (Fsp3) is 0.0732. The molecule has 0 amide bonds. The van der Waals surface area contributed by atoms with Crippen molar-refractivity contribution in [1.82, 2.24) is 0 Å². The molecule has 0 radical (unpaired) electrons. The minimum Gasteiger partial charge on any atom is -0.457 e. The lowest BCUT2D eigenvalue weighted by Crippen LogP contribution is -2.24. The standard InChI is InChI=1S/C41H30O2/c1-41(2)35-17-8-9-18-39(35)43-40-26-30(20-22-36(40)41)37-23-24-38(42-37)34-25-29(27-11-4-3-5-12-27)19-21-33(34)32-16-10-14-28-13-6-7-15-31(28)32/h3-26H,1-2H3. The number of furan rings is 1. The Hall–Kier alpha value is -5.34. The first kappa shape index (κ1) is 25.4. The molecule has 2 nitrogen and oxygen atoms in total. The van der Waals surface area contributed by atoms with Crippen LogP contribution in [0.5, 0.6) is 11.5 Å². The van der Waals surface area contributed by atoms with Crippen LogP contribution in [0.3, 0.4) is 0 Å². The number of rotatable bonds is 4. The van der Waals surface area contributed by atoms with Crippen molar-refractivity contribution in [2.24, 2.45) is 0 Å². The SMILES string of the molecule is CC1(C)c2ccccc2Oc2cc(-c3ccc(-c4cc(-c5ccccc5)ccc4-c4cccc5ccccc45)o3)ccc21. The Morgan fingerprint density at radius 1 is 0.442 bits per heavy atom. The predicted octanol–water partition coefficient (Wildman–Crippen LogP) is 11.5. The topological polar surface area (TPSA) is 22.4 Å². The van der Waals surface area contributed by atoms with Gasteiger partial charge in [0.15, 0.2) is 0 Å². The van der Waals surface area contributed by atoms with Crippen molar-refractivity contribution in [1.29, 1.82) is 0 Å². The van der Waals surface area contributed by atoms with Gasteiger partial charge >= 0.3 is 0 Å². The van der Waals surface area contributed by atoms with Gasteiger partial charge in [-0.05, 0) is 63.4 Å². The molecule has 1 aliphatic rings. The van der Waals surface area contributed by atoms with E-state index >= 15 is 0 Å². The first-order valence-electron chi connectivity index (χ1n) is 14.8. The number of fused-ring (bicyclic) bond motifs is 3. The van der Waals surface area contributed by atoms with Gasteiger partial charge in [0.05, 0.1) is 0 Å². The summed E-state index contributed by atoms with van der Waals surface area (Å²) in [6.45, 7) is 4.51. The van der Waals surface area contributed by atoms with Crippen molar-refractivity contribution < 1.29 is 9.15 Å². The second kappa shape index (κ2) is 9.89. The van der Waals surface area contributed by atoms with E-state index < -0.39 is 0 Å². The molecule has 8 rings (SSSR count). The molecule has 0 N–H and O–H groups in total. The second-order valence-corrected chi connectivity index (χ2v) is 11.8. The van der Waals surface area contributed by atoms with E-state index in [1.807, 2.05) is 12.1 Å². The largest absolute Gasteiger partial charge is 0.457 e. The van der Waals surface area contributed by atoms with Crippen LogP contribution in [0.4, 0.5) is 0 Å². The van der Waals surface area contributed by atoms with E-state index in [9.17, 15) is 0 Å². The van der Waals surface area contributed by atoms with Gasteiger partial charge < -0.3 is 9.15 Å². The molecule has 0 unspecified atom stereocenters. The van der Waals surface area contributed by atoms with E-state index in [1.54, 1.807) is 0 Å². The molecule has 0 saturated carbocycles. The lowest BCUT2D eigenvalue weighted by Gasteiger charge is -2.34. The third-order valence-corrected chi connectivity index (χ3v) is 8.80. The summed E-state index contributed by atoms with van der Waals surface area (Å²) in [6.07, 6.45) is 0. The van der Waals surface area contributed by atoms with Crippen molar-refractivity contribution in [2.75, 3.05) is 0 Å². The van der Waals surface area contributed by atoms with Gasteiger partial charge in [-0.1, -0.05) is 129 Å². The Morgan fingerprint density at radius 2 is 1.16 bits per heavy atom. The van der Waals surface area contributed by atoms with Gasteiger partial charge in [0.25, 0.3) is 0 Å². The first-order valence-corrected chi connectivity index (χ1v) is 14.8. The van der Waals surface area contributed by atoms with Crippen LogP contribution in [-0.2, 0) is 5.41 Å². The molecule has 0 saturated heterocycles. The third kappa shape index (κ3) is 4.26. The zero-order chi connectivity index (χ0) is 29.0. The summed E-state index contributed by atoms with van der Waals surface area (Å²) < 4.78 is 13.1. The molecule has 43 heavy (non-hydrogen) atoms. The van der Waals surface area contributed by atoms with Gasteiger partial charge in [0.2, 0.25) is 0 Å². The number of ether oxygens (including phenoxy) is 1. The van der Waals surface area contributed by atoms with Crippen LogP contribution in [0.1, 0.15) is 25.0 Å². The van der Waals surface area contributed by atoms with Gasteiger partial charge in [-0.3, -0.25) is 0 Å². The molecule has 0 bridgehead atoms. The maximum absolute atomic E-state index is 6.68. The fourth-order valence-electron chi connectivity index (χ4n) is 6.50. The minimum absolute atomic E-state index is 0.151. The van der Waals surface area contributed by atoms with E-state index in [2.05, 4.69) is 147 Å². The molecule has 2 heterocycles. The van der Waals surface area contributed by atoms with Crippen LogP contribution < -0.4 is 4.74 Å². The molecule has 7 aromatic rings. The minimum atomic E-state index is -0.151. The second-order valence-electron chi connectivity index (χ2n) is 11.8. The average molecular weight is 555 g/mol. The molecule has 2 heteroatoms. The van der Waals surface area contributed by atoms with Crippen molar-refractivity contribution in [3.05, 3.63) is 157 Å². The molecule has 0 aliphatic carbocycles. The van der Waals surface area contributed by atoms with Crippen molar-refractivity contribution in [2.45, 2.75) is 19.3 Å². The smallest absolute Gasteiger partial charge is 0.135 e. The van der Waals surface area contributed by atoms with Gasteiger partial charge in [-0.15, -0.1) is 0 Å². The average Bonchev–Trinajstić information content (AvgIpc) is 3.55. The summed E-state index contributed by atoms with van der Waals surface area (Å²) in [5.74, 6) is 3.43. The van der Waals surface area contributed by atoms with Crippen LogP contribution in [0.2, 0.25) is 0 Å². The maximum Gasteiger partial charge on any atom is 0.135 e. The van der Waals surface area contributed by atoms with Crippen LogP contribution in [0.25, 0.3) is 55.7 Å². The van der Waals surface area contributed by atoms with Gasteiger partial charge in [0.1, 0.15) is 23.0 Å². The van der Waals surface area contributed by atoms with E-state index in [1.165, 1.54) is 33.0 Å². The summed E-state index contributed by atoms with van der Waals surface area (Å²) in [5.41, 5.74) is 8.95. The molecular weight excluding hydrogens is 524 g/mol. The molecule has 206 valence electrons. The summed E-state index contributed by atoms with van der Waals surface area (Å²) in [6, 6.07) is 51.2. The van der Waals surface area contributed by atoms with Crippen molar-refractivity contribution in [3.63, 3.8) is 0 Å². The van der Waals surface area contributed by atoms with E-state index in [0.717, 1.165) is 45.3 Å². The monoisotopic (exact) mass is 554 g/mol. The summed E-state index contributed by atoms with van der Waals surface area (Å²) in [7, 11) is 0. The number of hydrogen-bond acceptors (Lipinski definition) is 2. The third-order valence-electron chi connectivity index (χ3n) is 8.80. The number of hydrogen-bond donors (Lipinski definition) is 0. The van der Waals surface area contributed by atoms with E-state index in [-0.39, 0.29) is 5.41 Å². The molecule has 1 aliphatic heterocycles. The van der Waals surface area contributed by atoms with E-state index in [4.69, 9.17) is 9.15 Å². The molecule has 0 spiro atoms. The Bertz CT molecular complexity index is 2130. The van der Waals surface area contributed by atoms with Crippen LogP contribution in [-0.4, -0.2) is 0 Å².